The minimum atomic E-state index is -3.39. The van der Waals surface area contributed by atoms with Crippen molar-refractivity contribution < 1.29 is 8.42 Å². The summed E-state index contributed by atoms with van der Waals surface area (Å²) < 4.78 is 28.5. The number of nitrogens with zero attached hydrogens (tertiary/aromatic N) is 1. The van der Waals surface area contributed by atoms with Gasteiger partial charge < -0.3 is 16.0 Å². The van der Waals surface area contributed by atoms with Gasteiger partial charge in [0.15, 0.2) is 15.7 Å². The maximum absolute atomic E-state index is 12.3. The van der Waals surface area contributed by atoms with Crippen LogP contribution in [0.1, 0.15) is 18.5 Å². The van der Waals surface area contributed by atoms with Crippen LogP contribution in [0.15, 0.2) is 15.1 Å². The van der Waals surface area contributed by atoms with E-state index in [1.165, 1.54) is 0 Å². The van der Waals surface area contributed by atoms with E-state index in [4.69, 9.17) is 5.73 Å². The van der Waals surface area contributed by atoms with Crippen molar-refractivity contribution in [3.63, 3.8) is 0 Å². The van der Waals surface area contributed by atoms with Gasteiger partial charge >= 0.3 is 4.87 Å². The lowest BCUT2D eigenvalue weighted by Crippen LogP contribution is -2.11. The molecule has 0 radical (unpaired) electrons. The first-order valence-corrected chi connectivity index (χ1v) is 9.08. The highest BCUT2D eigenvalue weighted by atomic mass is 32.2. The van der Waals surface area contributed by atoms with Crippen LogP contribution in [0.4, 0.5) is 10.8 Å². The molecule has 1 saturated carbocycles. The first kappa shape index (κ1) is 13.6. The molecule has 0 saturated heterocycles. The van der Waals surface area contributed by atoms with Crippen molar-refractivity contribution in [2.24, 2.45) is 0 Å². The lowest BCUT2D eigenvalue weighted by atomic mass is 10.5. The predicted octanol–water partition coefficient (Wildman–Crippen LogP) is 1.02. The summed E-state index contributed by atoms with van der Waals surface area (Å²) in [6, 6.07) is 0. The highest BCUT2D eigenvalue weighted by Crippen LogP contribution is 2.41. The van der Waals surface area contributed by atoms with Crippen LogP contribution in [0, 0.1) is 0 Å². The van der Waals surface area contributed by atoms with Gasteiger partial charge in [-0.15, -0.1) is 0 Å². The number of H-pyrrole nitrogens is 1. The molecule has 0 aromatic carbocycles. The van der Waals surface area contributed by atoms with E-state index in [1.54, 1.807) is 5.38 Å². The van der Waals surface area contributed by atoms with Gasteiger partial charge in [0.2, 0.25) is 0 Å². The lowest BCUT2D eigenvalue weighted by Gasteiger charge is -2.06. The van der Waals surface area contributed by atoms with Gasteiger partial charge in [0, 0.05) is 11.1 Å². The van der Waals surface area contributed by atoms with Crippen molar-refractivity contribution >= 4 is 43.5 Å². The molecule has 0 aliphatic heterocycles. The zero-order valence-corrected chi connectivity index (χ0v) is 12.7. The van der Waals surface area contributed by atoms with E-state index in [0.717, 1.165) is 22.9 Å². The summed E-state index contributed by atoms with van der Waals surface area (Å²) in [5.74, 6) is 0.0446. The van der Waals surface area contributed by atoms with Crippen LogP contribution in [0.2, 0.25) is 0 Å². The zero-order chi connectivity index (χ0) is 14.3. The van der Waals surface area contributed by atoms with Gasteiger partial charge in [-0.1, -0.05) is 11.3 Å². The summed E-state index contributed by atoms with van der Waals surface area (Å²) in [6.07, 6.45) is 1.35. The van der Waals surface area contributed by atoms with Gasteiger partial charge in [-0.2, -0.15) is 4.37 Å². The van der Waals surface area contributed by atoms with Crippen LogP contribution in [-0.4, -0.2) is 23.0 Å². The molecule has 2 aromatic heterocycles. The number of rotatable bonds is 5. The van der Waals surface area contributed by atoms with E-state index < -0.39 is 9.84 Å². The minimum Gasteiger partial charge on any atom is -0.382 e. The van der Waals surface area contributed by atoms with Crippen LogP contribution in [0.25, 0.3) is 0 Å². The summed E-state index contributed by atoms with van der Waals surface area (Å²) in [7, 11) is -3.39. The molecular weight excluding hydrogens is 320 g/mol. The molecule has 10 heteroatoms. The van der Waals surface area contributed by atoms with Crippen molar-refractivity contribution in [1.82, 2.24) is 9.36 Å². The van der Waals surface area contributed by atoms with Gasteiger partial charge in [-0.25, -0.2) is 8.42 Å². The van der Waals surface area contributed by atoms with Crippen molar-refractivity contribution in [2.75, 3.05) is 11.1 Å². The first-order valence-electron chi connectivity index (χ1n) is 5.88. The predicted molar refractivity (Wildman–Crippen MR) is 79.0 cm³/mol. The number of thiazole rings is 1. The Morgan fingerprint density at radius 2 is 2.25 bits per heavy atom. The van der Waals surface area contributed by atoms with Crippen LogP contribution in [0.3, 0.4) is 0 Å². The van der Waals surface area contributed by atoms with E-state index in [-0.39, 0.29) is 20.8 Å². The summed E-state index contributed by atoms with van der Waals surface area (Å²) in [5, 5.41) is 4.78. The van der Waals surface area contributed by atoms with Gasteiger partial charge in [0.05, 0.1) is 11.8 Å². The molecule has 0 spiro atoms. The molecule has 0 amide bonds. The molecule has 0 unspecified atom stereocenters. The lowest BCUT2D eigenvalue weighted by molar-refractivity contribution is 0.595. The number of nitrogens with two attached hydrogens (primary N) is 1. The van der Waals surface area contributed by atoms with Crippen LogP contribution < -0.4 is 15.9 Å². The molecule has 0 atom stereocenters. The second-order valence-electron chi connectivity index (χ2n) is 4.50. The van der Waals surface area contributed by atoms with E-state index in [0.29, 0.717) is 30.1 Å². The van der Waals surface area contributed by atoms with Crippen molar-refractivity contribution in [3.05, 3.63) is 20.7 Å². The topological polar surface area (TPSA) is 118 Å². The molecule has 108 valence electrons. The Kier molecular flexibility index (Phi) is 3.30. The largest absolute Gasteiger partial charge is 0.382 e. The molecule has 2 aromatic rings. The molecule has 1 fully saturated rings. The molecule has 2 heterocycles. The van der Waals surface area contributed by atoms with E-state index in [2.05, 4.69) is 14.7 Å². The molecule has 7 nitrogen and oxygen atoms in total. The van der Waals surface area contributed by atoms with Crippen molar-refractivity contribution in [1.29, 1.82) is 0 Å². The summed E-state index contributed by atoms with van der Waals surface area (Å²) in [4.78, 5) is 13.6. The van der Waals surface area contributed by atoms with Crippen molar-refractivity contribution in [3.8, 4) is 0 Å². The highest BCUT2D eigenvalue weighted by Gasteiger charge is 2.40. The molecule has 1 aliphatic rings. The number of sulfone groups is 1. The SMILES string of the molecule is Nc1nsc(NCc2csc(=O)[nH]2)c1S(=O)(=O)C1CC1. The minimum absolute atomic E-state index is 0.0446. The monoisotopic (exact) mass is 332 g/mol. The number of anilines is 2. The third-order valence-electron chi connectivity index (χ3n) is 2.93. The second kappa shape index (κ2) is 4.86. The van der Waals surface area contributed by atoms with E-state index in [9.17, 15) is 13.2 Å². The van der Waals surface area contributed by atoms with Crippen molar-refractivity contribution in [2.45, 2.75) is 29.5 Å². The molecule has 4 N–H and O–H groups in total. The average molecular weight is 332 g/mol. The smallest absolute Gasteiger partial charge is 0.304 e. The maximum Gasteiger partial charge on any atom is 0.304 e. The third kappa shape index (κ3) is 2.45. The fraction of sp³-hybridized carbons (Fsp3) is 0.400. The third-order valence-corrected chi connectivity index (χ3v) is 6.93. The van der Waals surface area contributed by atoms with Crippen LogP contribution >= 0.6 is 22.9 Å². The standard InChI is InChI=1S/C10H12N4O3S3/c11-8-7(20(16,17)6-1-2-6)9(19-14-8)12-3-5-4-18-10(15)13-5/h4,6,12H,1-3H2,(H2,11,14)(H,13,15). The number of nitrogen functional groups attached to an aromatic ring is 1. The number of hydrogen-bond acceptors (Lipinski definition) is 8. The second-order valence-corrected chi connectivity index (χ2v) is 8.28. The number of nitrogens with one attached hydrogen (secondary N) is 2. The zero-order valence-electron chi connectivity index (χ0n) is 10.3. The molecule has 0 bridgehead atoms. The Morgan fingerprint density at radius 1 is 1.50 bits per heavy atom. The summed E-state index contributed by atoms with van der Waals surface area (Å²) in [5.41, 5.74) is 6.39. The first-order chi connectivity index (χ1) is 9.48. The Bertz CT molecular complexity index is 785. The van der Waals surface area contributed by atoms with Crippen LogP contribution in [-0.2, 0) is 16.4 Å². The van der Waals surface area contributed by atoms with Crippen LogP contribution in [0.5, 0.6) is 0 Å². The summed E-state index contributed by atoms with van der Waals surface area (Å²) in [6.45, 7) is 0.327. The Labute approximate surface area is 122 Å². The molecule has 3 rings (SSSR count). The summed E-state index contributed by atoms with van der Waals surface area (Å²) >= 11 is 2.08. The number of aromatic amines is 1. The number of hydrogen-bond donors (Lipinski definition) is 3. The molecule has 20 heavy (non-hydrogen) atoms. The Morgan fingerprint density at radius 3 is 2.85 bits per heavy atom. The quantitative estimate of drug-likeness (QED) is 0.752. The Hall–Kier alpha value is -1.39. The molecule has 1 aliphatic carbocycles. The van der Waals surface area contributed by atoms with E-state index >= 15 is 0 Å². The van der Waals surface area contributed by atoms with E-state index in [1.807, 2.05) is 0 Å². The molecular formula is C10H12N4O3S3. The highest BCUT2D eigenvalue weighted by molar-refractivity contribution is 7.92. The number of aromatic nitrogens is 2. The maximum atomic E-state index is 12.3. The van der Waals surface area contributed by atoms with Gasteiger partial charge in [-0.3, -0.25) is 4.79 Å². The Balaban J connectivity index is 1.85. The van der Waals surface area contributed by atoms with Gasteiger partial charge in [0.1, 0.15) is 9.90 Å². The fourth-order valence-electron chi connectivity index (χ4n) is 1.80. The fourth-order valence-corrected chi connectivity index (χ4v) is 5.27. The normalized spacial score (nSPS) is 15.4. The average Bonchev–Trinajstić information content (AvgIpc) is 3.08. The van der Waals surface area contributed by atoms with Gasteiger partial charge in [0.25, 0.3) is 0 Å². The van der Waals surface area contributed by atoms with Gasteiger partial charge in [-0.05, 0) is 24.4 Å².